The van der Waals surface area contributed by atoms with Crippen LogP contribution in [0, 0.1) is 5.41 Å². The highest BCUT2D eigenvalue weighted by molar-refractivity contribution is 8.53. The minimum absolute atomic E-state index is 0.00323. The molecule has 0 aromatic carbocycles. The second-order valence-corrected chi connectivity index (χ2v) is 36.3. The first-order valence-corrected chi connectivity index (χ1v) is 43.9. The van der Waals surface area contributed by atoms with Gasteiger partial charge in [0, 0.05) is 60.4 Å². The van der Waals surface area contributed by atoms with E-state index in [-0.39, 0.29) is 145 Å². The summed E-state index contributed by atoms with van der Waals surface area (Å²) in [5.74, 6) is -1.56. The largest absolute Gasteiger partial charge is 0.415 e. The predicted molar refractivity (Wildman–Crippen MR) is 367 cm³/mol. The maximum absolute atomic E-state index is 13.8. The van der Waals surface area contributed by atoms with Crippen LogP contribution in [0.15, 0.2) is 0 Å². The zero-order valence-corrected chi connectivity index (χ0v) is 64.6. The minimum Gasteiger partial charge on any atom is -0.394 e. The number of nitrogens with one attached hydrogen (secondary N) is 3. The number of hydrogen-bond donors (Lipinski definition) is 15. The van der Waals surface area contributed by atoms with Gasteiger partial charge in [0.2, 0.25) is 17.7 Å². The maximum atomic E-state index is 13.8. The first-order valence-electron chi connectivity index (χ1n) is 32.8. The lowest BCUT2D eigenvalue weighted by Gasteiger charge is -2.42. The third-order valence-corrected chi connectivity index (χ3v) is 23.2. The van der Waals surface area contributed by atoms with Gasteiger partial charge in [0.15, 0.2) is 18.9 Å². The molecule has 602 valence electrons. The highest BCUT2D eigenvalue weighted by Gasteiger charge is 2.48. The van der Waals surface area contributed by atoms with Gasteiger partial charge in [-0.05, 0) is 76.0 Å². The van der Waals surface area contributed by atoms with E-state index < -0.39 is 162 Å². The molecular formula is C55H107N3O36P4S4. The highest BCUT2D eigenvalue weighted by atomic mass is 32.7. The Morgan fingerprint density at radius 2 is 0.696 bits per heavy atom. The molecule has 3 rings (SSSR count). The van der Waals surface area contributed by atoms with Crippen LogP contribution in [0.5, 0.6) is 0 Å². The first-order chi connectivity index (χ1) is 48.4. The number of rotatable bonds is 59. The summed E-state index contributed by atoms with van der Waals surface area (Å²) in [6, 6.07) is -3.41. The van der Waals surface area contributed by atoms with Crippen LogP contribution in [-0.4, -0.2) is 318 Å². The number of ether oxygens (including phenoxy) is 10. The van der Waals surface area contributed by atoms with E-state index >= 15 is 0 Å². The van der Waals surface area contributed by atoms with Crippen molar-refractivity contribution in [3.63, 3.8) is 0 Å². The number of unbranched alkanes of at least 4 members (excludes halogenated alkanes) is 4. The fourth-order valence-electron chi connectivity index (χ4n) is 9.74. The Kier molecular flexibility index (Phi) is 48.8. The molecule has 0 saturated carbocycles. The Morgan fingerprint density at radius 1 is 0.422 bits per heavy atom. The van der Waals surface area contributed by atoms with Crippen molar-refractivity contribution in [2.45, 2.75) is 177 Å². The monoisotopic (exact) mass is 1640 g/mol. The molecule has 3 amide bonds. The van der Waals surface area contributed by atoms with E-state index in [2.05, 4.69) is 40.0 Å². The normalized spacial score (nSPS) is 28.0. The van der Waals surface area contributed by atoms with Gasteiger partial charge >= 0.3 is 27.1 Å². The molecule has 3 saturated heterocycles. The van der Waals surface area contributed by atoms with Crippen LogP contribution >= 0.6 is 62.7 Å². The fourth-order valence-corrected chi connectivity index (χ4v) is 16.2. The quantitative estimate of drug-likeness (QED) is 0.0165. The maximum Gasteiger partial charge on any atom is 0.415 e. The SMILES string of the molecule is COSP(=O)(OCCCCOC1OC(CO)C(O)C(O)C1NC(C)=O)OCCCOCC(COCCCCOP(O)(O)=S)(COCCCOP(=O)(S)OCCCCOC1OC(CO)C(O)C(O)C1NC(C)=O)COCCOP(=O)(OCCCCOC1OC(CO)C(O)C(O)C1NC(C)=O)SOC. The number of carbonyl (C=O) groups excluding carboxylic acids is 3. The molecule has 0 aliphatic carbocycles. The fraction of sp³-hybridized carbons (Fsp3) is 0.945. The molecule has 19 atom stereocenters. The Bertz CT molecular complexity index is 2530. The zero-order chi connectivity index (χ0) is 75.8. The summed E-state index contributed by atoms with van der Waals surface area (Å²) in [4.78, 5) is 54.4. The summed E-state index contributed by atoms with van der Waals surface area (Å²) in [6.07, 6.45) is -13.3. The molecule has 39 nitrogen and oxygen atoms in total. The van der Waals surface area contributed by atoms with Crippen LogP contribution in [0.3, 0.4) is 0 Å². The van der Waals surface area contributed by atoms with E-state index in [0.29, 0.717) is 61.9 Å². The van der Waals surface area contributed by atoms with E-state index in [9.17, 15) is 83.8 Å². The Hall–Kier alpha value is -0.400. The summed E-state index contributed by atoms with van der Waals surface area (Å²) in [7, 11) is 2.54. The van der Waals surface area contributed by atoms with Crippen LogP contribution in [0.25, 0.3) is 0 Å². The van der Waals surface area contributed by atoms with Gasteiger partial charge in [0.25, 0.3) is 0 Å². The van der Waals surface area contributed by atoms with E-state index in [4.69, 9.17) is 87.4 Å². The molecular weight excluding hydrogens is 1530 g/mol. The van der Waals surface area contributed by atoms with Gasteiger partial charge in [0.1, 0.15) is 96.4 Å². The number of aliphatic hydroxyl groups excluding tert-OH is 9. The standard InChI is InChI=1S/C55H107N3O36P4S4/c1-37(62)56-43-49(68)46(65)40(30-59)92-52(43)82-19-7-11-23-86-96(73,100)87-26-14-17-79-34-55(33-78-16-6-10-22-85-95(71,72)99,36-81-28-29-91-98(75,102-77-5)89-25-13-9-21-84-54-45(58-39(3)64)51(70)48(67)42(32-61)94-54)35-80-18-15-27-90-97(74,101-76-4)88-24-12-8-20-83-53-44(57-38(2)63)50(69)47(66)41(31-60)93-53/h40-54,59-61,65-70H,6-36H2,1-5H3,(H,56,62)(H,57,63)(H,58,64)(H,73,100)(H2,71,72,99). The van der Waals surface area contributed by atoms with Crippen molar-refractivity contribution < 1.29 is 171 Å². The average Bonchev–Trinajstić information content (AvgIpc) is 0.815. The van der Waals surface area contributed by atoms with Gasteiger partial charge in [-0.3, -0.25) is 32.5 Å². The van der Waals surface area contributed by atoms with Gasteiger partial charge in [-0.25, -0.2) is 13.7 Å². The van der Waals surface area contributed by atoms with Crippen molar-refractivity contribution in [3.05, 3.63) is 0 Å². The topological polar surface area (TPSA) is 536 Å². The molecule has 14 N–H and O–H groups in total. The highest BCUT2D eigenvalue weighted by Crippen LogP contribution is 2.62. The third kappa shape index (κ3) is 38.0. The predicted octanol–water partition coefficient (Wildman–Crippen LogP) is -0.0103. The molecule has 0 radical (unpaired) electrons. The van der Waals surface area contributed by atoms with E-state index in [0.717, 1.165) is 0 Å². The molecule has 3 fully saturated rings. The summed E-state index contributed by atoms with van der Waals surface area (Å²) in [5.41, 5.74) is -1.13. The molecule has 3 aliphatic rings. The van der Waals surface area contributed by atoms with Crippen LogP contribution in [0.4, 0.5) is 0 Å². The van der Waals surface area contributed by atoms with E-state index in [1.807, 2.05) is 0 Å². The van der Waals surface area contributed by atoms with Crippen molar-refractivity contribution in [2.75, 3.05) is 153 Å². The summed E-state index contributed by atoms with van der Waals surface area (Å²) < 4.78 is 148. The summed E-state index contributed by atoms with van der Waals surface area (Å²) in [5, 5.41) is 98.9. The molecule has 102 heavy (non-hydrogen) atoms. The summed E-state index contributed by atoms with van der Waals surface area (Å²) >= 11 is 9.58. The van der Waals surface area contributed by atoms with Crippen molar-refractivity contribution >= 4 is 92.2 Å². The van der Waals surface area contributed by atoms with Gasteiger partial charge in [-0.1, -0.05) is 12.2 Å². The van der Waals surface area contributed by atoms with Gasteiger partial charge in [-0.2, -0.15) is 0 Å². The van der Waals surface area contributed by atoms with Gasteiger partial charge < -0.3 is 141 Å². The second-order valence-electron chi connectivity index (χ2n) is 23.3. The third-order valence-electron chi connectivity index (χ3n) is 14.7. The average molecular weight is 1640 g/mol. The van der Waals surface area contributed by atoms with Crippen molar-refractivity contribution in [1.82, 2.24) is 16.0 Å². The molecule has 0 aromatic heterocycles. The summed E-state index contributed by atoms with van der Waals surface area (Å²) in [6.45, 7) is -15.3. The lowest BCUT2D eigenvalue weighted by molar-refractivity contribution is -0.270. The van der Waals surface area contributed by atoms with Crippen LogP contribution in [0.1, 0.15) is 85.0 Å². The molecule has 0 aromatic rings. The van der Waals surface area contributed by atoms with E-state index in [1.165, 1.54) is 35.0 Å². The molecule has 3 aliphatic heterocycles. The Balaban J connectivity index is 1.65. The zero-order valence-electron chi connectivity index (χ0n) is 57.7. The van der Waals surface area contributed by atoms with Gasteiger partial charge in [0.05, 0.1) is 119 Å². The Morgan fingerprint density at radius 3 is 1.02 bits per heavy atom. The van der Waals surface area contributed by atoms with Gasteiger partial charge in [-0.15, -0.1) is 0 Å². The van der Waals surface area contributed by atoms with Crippen LogP contribution < -0.4 is 16.0 Å². The molecule has 19 unspecified atom stereocenters. The van der Waals surface area contributed by atoms with Crippen molar-refractivity contribution in [3.8, 4) is 0 Å². The van der Waals surface area contributed by atoms with Crippen LogP contribution in [-0.2, 0) is 127 Å². The number of aliphatic hydroxyl groups is 9. The molecule has 0 bridgehead atoms. The first kappa shape index (κ1) is 95.8. The lowest BCUT2D eigenvalue weighted by atomic mass is 9.92. The smallest absolute Gasteiger partial charge is 0.394 e. The molecule has 3 heterocycles. The van der Waals surface area contributed by atoms with Crippen molar-refractivity contribution in [2.24, 2.45) is 5.41 Å². The number of amides is 3. The number of carbonyl (C=O) groups is 3. The minimum atomic E-state index is -4.00. The molecule has 47 heteroatoms. The van der Waals surface area contributed by atoms with Crippen LogP contribution in [0.2, 0.25) is 0 Å². The second kappa shape index (κ2) is 52.0. The Labute approximate surface area is 611 Å². The number of hydrogen-bond acceptors (Lipinski definition) is 37. The molecule has 0 spiro atoms. The van der Waals surface area contributed by atoms with E-state index in [1.54, 1.807) is 0 Å². The lowest BCUT2D eigenvalue weighted by Crippen LogP contribution is -2.64. The number of thiol groups is 1. The van der Waals surface area contributed by atoms with Crippen molar-refractivity contribution in [1.29, 1.82) is 0 Å².